The van der Waals surface area contributed by atoms with E-state index in [1.165, 1.54) is 43.6 Å². The second-order valence-corrected chi connectivity index (χ2v) is 14.8. The van der Waals surface area contributed by atoms with Gasteiger partial charge >= 0.3 is 0 Å². The molecule has 5 heteroatoms. The highest BCUT2D eigenvalue weighted by Crippen LogP contribution is 2.46. The van der Waals surface area contributed by atoms with Crippen LogP contribution in [0.2, 0.25) is 0 Å². The summed E-state index contributed by atoms with van der Waals surface area (Å²) in [6, 6.07) is 58.0. The summed E-state index contributed by atoms with van der Waals surface area (Å²) >= 11 is 0. The van der Waals surface area contributed by atoms with E-state index in [1.54, 1.807) is 0 Å². The van der Waals surface area contributed by atoms with E-state index in [0.717, 1.165) is 65.6 Å². The molecule has 4 aromatic heterocycles. The molecule has 0 aliphatic heterocycles. The van der Waals surface area contributed by atoms with Gasteiger partial charge in [-0.25, -0.2) is 4.85 Å². The highest BCUT2D eigenvalue weighted by Gasteiger charge is 2.22. The molecule has 13 rings (SSSR count). The van der Waals surface area contributed by atoms with Crippen LogP contribution >= 0.6 is 0 Å². The van der Waals surface area contributed by atoms with Crippen molar-refractivity contribution in [2.45, 2.75) is 0 Å². The first-order valence-electron chi connectivity index (χ1n) is 18.8. The van der Waals surface area contributed by atoms with E-state index in [1.807, 2.05) is 6.07 Å². The van der Waals surface area contributed by atoms with Gasteiger partial charge < -0.3 is 18.0 Å². The number of fused-ring (bicyclic) bond motifs is 15. The molecule has 0 N–H and O–H groups in total. The maximum atomic E-state index is 8.26. The first kappa shape index (κ1) is 29.6. The highest BCUT2D eigenvalue weighted by molar-refractivity contribution is 6.25. The van der Waals surface area contributed by atoms with E-state index in [0.29, 0.717) is 16.9 Å². The van der Waals surface area contributed by atoms with Gasteiger partial charge in [-0.1, -0.05) is 84.9 Å². The van der Waals surface area contributed by atoms with Gasteiger partial charge in [0, 0.05) is 54.5 Å². The first-order chi connectivity index (χ1) is 27.7. The van der Waals surface area contributed by atoms with Crippen LogP contribution in [0.1, 0.15) is 0 Å². The van der Waals surface area contributed by atoms with Crippen LogP contribution in [0.5, 0.6) is 0 Å². The predicted octanol–water partition coefficient (Wildman–Crippen LogP) is 14.5. The van der Waals surface area contributed by atoms with E-state index < -0.39 is 0 Å². The van der Waals surface area contributed by atoms with Gasteiger partial charge in [0.2, 0.25) is 0 Å². The number of benzene rings is 9. The monoisotopic (exact) mass is 713 g/mol. The van der Waals surface area contributed by atoms with E-state index in [2.05, 4.69) is 172 Å². The second-order valence-electron chi connectivity index (χ2n) is 14.8. The van der Waals surface area contributed by atoms with Crippen LogP contribution in [0.15, 0.2) is 173 Å². The molecule has 9 aromatic carbocycles. The van der Waals surface area contributed by atoms with E-state index >= 15 is 0 Å². The maximum absolute atomic E-state index is 8.26. The number of hydrogen-bond donors (Lipinski definition) is 0. The van der Waals surface area contributed by atoms with Crippen LogP contribution in [0.25, 0.3) is 125 Å². The predicted molar refractivity (Wildman–Crippen MR) is 231 cm³/mol. The molecule has 0 amide bonds. The number of furan rings is 2. The molecule has 5 nitrogen and oxygen atoms in total. The molecular weight excluding hydrogens is 687 g/mol. The van der Waals surface area contributed by atoms with Crippen LogP contribution in [-0.4, -0.2) is 9.13 Å². The largest absolute Gasteiger partial charge is 0.453 e. The first-order valence-corrected chi connectivity index (χ1v) is 18.8. The fourth-order valence-electron chi connectivity index (χ4n) is 9.38. The molecule has 4 heterocycles. The highest BCUT2D eigenvalue weighted by atomic mass is 16.4. The molecule has 0 saturated carbocycles. The summed E-state index contributed by atoms with van der Waals surface area (Å²) in [6.07, 6.45) is 0. The van der Waals surface area contributed by atoms with Gasteiger partial charge in [-0.05, 0) is 100 Å². The summed E-state index contributed by atoms with van der Waals surface area (Å²) in [5.41, 5.74) is 10.2. The molecule has 56 heavy (non-hydrogen) atoms. The molecule has 0 fully saturated rings. The summed E-state index contributed by atoms with van der Waals surface area (Å²) in [7, 11) is 0. The third kappa shape index (κ3) is 3.87. The zero-order chi connectivity index (χ0) is 36.6. The number of hydrogen-bond acceptors (Lipinski definition) is 2. The zero-order valence-corrected chi connectivity index (χ0v) is 29.7. The van der Waals surface area contributed by atoms with E-state index in [4.69, 9.17) is 15.4 Å². The van der Waals surface area contributed by atoms with Crippen LogP contribution in [0.3, 0.4) is 0 Å². The Morgan fingerprint density at radius 2 is 0.821 bits per heavy atom. The lowest BCUT2D eigenvalue weighted by molar-refractivity contribution is 0.634. The molecule has 0 bridgehead atoms. The summed E-state index contributed by atoms with van der Waals surface area (Å²) in [5, 5.41) is 12.8. The van der Waals surface area contributed by atoms with Crippen molar-refractivity contribution >= 4 is 115 Å². The van der Waals surface area contributed by atoms with Crippen LogP contribution < -0.4 is 0 Å². The lowest BCUT2D eigenvalue weighted by atomic mass is 10.0. The van der Waals surface area contributed by atoms with Gasteiger partial charge in [0.15, 0.2) is 16.9 Å². The molecular formula is C51H27N3O2. The van der Waals surface area contributed by atoms with Gasteiger partial charge in [-0.2, -0.15) is 0 Å². The Morgan fingerprint density at radius 3 is 1.32 bits per heavy atom. The Bertz CT molecular complexity index is 3800. The van der Waals surface area contributed by atoms with Crippen molar-refractivity contribution in [3.8, 4) is 11.4 Å². The third-order valence-corrected chi connectivity index (χ3v) is 11.8. The van der Waals surface area contributed by atoms with Crippen molar-refractivity contribution in [1.82, 2.24) is 9.13 Å². The Hall–Kier alpha value is -7.81. The van der Waals surface area contributed by atoms with Crippen molar-refractivity contribution in [3.63, 3.8) is 0 Å². The standard InChI is InChI=1S/C51H27N3O2/c1-52-42-28-40-39-24-29-18-20-33(53-43-14-6-2-10-35(43)36-11-3-7-15-44(36)53)22-31(29)26-47(39)55-50(40)51-49(42)41-25-30-19-21-34(23-32(30)27-48(41)56-51)54-45-16-8-4-12-37(45)38-13-5-9-17-46(38)54/h2-28H. The lowest BCUT2D eigenvalue weighted by Crippen LogP contribution is -1.93. The molecule has 0 spiro atoms. The minimum Gasteiger partial charge on any atom is -0.453 e. The van der Waals surface area contributed by atoms with Crippen molar-refractivity contribution < 1.29 is 8.83 Å². The van der Waals surface area contributed by atoms with E-state index in [9.17, 15) is 0 Å². The van der Waals surface area contributed by atoms with Gasteiger partial charge in [0.05, 0.1) is 28.6 Å². The number of nitrogens with zero attached hydrogens (tertiary/aromatic N) is 3. The normalized spacial score (nSPS) is 12.3. The molecule has 0 aliphatic rings. The lowest BCUT2D eigenvalue weighted by Gasteiger charge is -2.09. The summed E-state index contributed by atoms with van der Waals surface area (Å²) in [6.45, 7) is 8.26. The third-order valence-electron chi connectivity index (χ3n) is 11.8. The van der Waals surface area contributed by atoms with Crippen molar-refractivity contribution in [2.24, 2.45) is 0 Å². The van der Waals surface area contributed by atoms with Crippen molar-refractivity contribution in [3.05, 3.63) is 175 Å². The van der Waals surface area contributed by atoms with Crippen LogP contribution in [0.4, 0.5) is 5.69 Å². The molecule has 0 unspecified atom stereocenters. The van der Waals surface area contributed by atoms with E-state index in [-0.39, 0.29) is 0 Å². The molecule has 13 aromatic rings. The smallest absolute Gasteiger partial charge is 0.199 e. The number of aromatic nitrogens is 2. The molecule has 0 saturated heterocycles. The Balaban J connectivity index is 1.00. The van der Waals surface area contributed by atoms with Crippen molar-refractivity contribution in [2.75, 3.05) is 0 Å². The summed E-state index contributed by atoms with van der Waals surface area (Å²) in [4.78, 5) is 4.04. The Kier molecular flexibility index (Phi) is 5.64. The van der Waals surface area contributed by atoms with Gasteiger partial charge in [-0.3, -0.25) is 0 Å². The quantitative estimate of drug-likeness (QED) is 0.167. The molecule has 0 radical (unpaired) electrons. The summed E-state index contributed by atoms with van der Waals surface area (Å²) in [5.74, 6) is 0. The second kappa shape index (κ2) is 10.7. The number of para-hydroxylation sites is 4. The zero-order valence-electron chi connectivity index (χ0n) is 29.7. The summed E-state index contributed by atoms with van der Waals surface area (Å²) < 4.78 is 18.1. The van der Waals surface area contributed by atoms with Gasteiger partial charge in [0.25, 0.3) is 0 Å². The molecule has 0 aliphatic carbocycles. The Labute approximate surface area is 318 Å². The molecule has 0 atom stereocenters. The number of rotatable bonds is 2. The minimum absolute atomic E-state index is 0.553. The van der Waals surface area contributed by atoms with Crippen LogP contribution in [0, 0.1) is 6.57 Å². The maximum Gasteiger partial charge on any atom is 0.199 e. The van der Waals surface area contributed by atoms with Gasteiger partial charge in [0.1, 0.15) is 11.2 Å². The fraction of sp³-hybridized carbons (Fsp3) is 0. The van der Waals surface area contributed by atoms with Crippen molar-refractivity contribution in [1.29, 1.82) is 0 Å². The average Bonchev–Trinajstić information content (AvgIpc) is 3.99. The molecule has 258 valence electrons. The average molecular weight is 714 g/mol. The van der Waals surface area contributed by atoms with Crippen LogP contribution in [-0.2, 0) is 0 Å². The topological polar surface area (TPSA) is 40.5 Å². The minimum atomic E-state index is 0.553. The fourth-order valence-corrected chi connectivity index (χ4v) is 9.38. The Morgan fingerprint density at radius 1 is 0.375 bits per heavy atom. The SMILES string of the molecule is [C-]#[N+]c1cc2c3cc4ccc(-n5c6ccccc6c6ccccc65)cc4cc3oc2c2oc3cc4cc(-n5c6ccccc6c6ccccc65)ccc4cc3c12. The van der Waals surface area contributed by atoms with Gasteiger partial charge in [-0.15, -0.1) is 0 Å².